The summed E-state index contributed by atoms with van der Waals surface area (Å²) in [5.74, 6) is 1.45. The number of pyridine rings is 1. The van der Waals surface area contributed by atoms with Gasteiger partial charge in [0.25, 0.3) is 0 Å². The third kappa shape index (κ3) is 4.26. The molecule has 5 rings (SSSR count). The van der Waals surface area contributed by atoms with Crippen molar-refractivity contribution in [1.82, 2.24) is 19.9 Å². The molecule has 0 aromatic carbocycles. The van der Waals surface area contributed by atoms with Crippen LogP contribution in [0.1, 0.15) is 37.4 Å². The smallest absolute Gasteiger partial charge is 0.229 e. The first kappa shape index (κ1) is 22.4. The molecule has 33 heavy (non-hydrogen) atoms. The van der Waals surface area contributed by atoms with E-state index in [1.807, 2.05) is 37.0 Å². The lowest BCUT2D eigenvalue weighted by Crippen LogP contribution is -2.46. The van der Waals surface area contributed by atoms with Gasteiger partial charge in [0.1, 0.15) is 5.82 Å². The van der Waals surface area contributed by atoms with Crippen LogP contribution < -0.4 is 5.32 Å². The summed E-state index contributed by atoms with van der Waals surface area (Å²) < 4.78 is 0. The summed E-state index contributed by atoms with van der Waals surface area (Å²) in [6.45, 7) is 5.33. The number of nitrogens with one attached hydrogen (secondary N) is 1. The van der Waals surface area contributed by atoms with E-state index >= 15 is 0 Å². The number of halogens is 2. The summed E-state index contributed by atoms with van der Waals surface area (Å²) in [6.07, 6.45) is 10.8. The van der Waals surface area contributed by atoms with Crippen LogP contribution >= 0.6 is 23.2 Å². The molecule has 2 aromatic rings. The number of carbonyl (C=O) groups excluding carboxylic acids is 1. The van der Waals surface area contributed by atoms with Crippen LogP contribution in [0, 0.1) is 12.8 Å². The van der Waals surface area contributed by atoms with Crippen LogP contribution in [0.15, 0.2) is 47.3 Å². The predicted molar refractivity (Wildman–Crippen MR) is 131 cm³/mol. The van der Waals surface area contributed by atoms with Crippen molar-refractivity contribution in [2.24, 2.45) is 5.92 Å². The van der Waals surface area contributed by atoms with Crippen molar-refractivity contribution in [3.63, 3.8) is 0 Å². The number of rotatable bonds is 3. The normalized spacial score (nSPS) is 25.2. The Bertz CT molecular complexity index is 1150. The molecule has 3 atom stereocenters. The minimum Gasteiger partial charge on any atom is -0.363 e. The number of fused-ring (bicyclic) bond motifs is 1. The lowest BCUT2D eigenvalue weighted by molar-refractivity contribution is -0.132. The van der Waals surface area contributed by atoms with E-state index in [4.69, 9.17) is 28.2 Å². The van der Waals surface area contributed by atoms with Gasteiger partial charge < -0.3 is 10.2 Å². The van der Waals surface area contributed by atoms with E-state index in [1.54, 1.807) is 12.4 Å². The van der Waals surface area contributed by atoms with Gasteiger partial charge in [-0.15, -0.1) is 11.6 Å². The Morgan fingerprint density at radius 1 is 1.30 bits per heavy atom. The van der Waals surface area contributed by atoms with E-state index in [1.165, 1.54) is 5.56 Å². The summed E-state index contributed by atoms with van der Waals surface area (Å²) >= 11 is 12.6. The largest absolute Gasteiger partial charge is 0.363 e. The van der Waals surface area contributed by atoms with Crippen molar-refractivity contribution in [3.8, 4) is 11.4 Å². The van der Waals surface area contributed by atoms with Crippen LogP contribution in [0.3, 0.4) is 0 Å². The molecule has 1 saturated heterocycles. The Morgan fingerprint density at radius 3 is 2.85 bits per heavy atom. The van der Waals surface area contributed by atoms with Crippen LogP contribution in [0.5, 0.6) is 0 Å². The number of aromatic nitrogens is 3. The Labute approximate surface area is 204 Å². The highest BCUT2D eigenvalue weighted by Crippen LogP contribution is 2.39. The molecule has 1 fully saturated rings. The second-order valence-corrected chi connectivity index (χ2v) is 10.2. The Kier molecular flexibility index (Phi) is 5.91. The highest BCUT2D eigenvalue weighted by atomic mass is 35.5. The Morgan fingerprint density at radius 2 is 2.09 bits per heavy atom. The van der Waals surface area contributed by atoms with Crippen molar-refractivity contribution in [2.45, 2.75) is 50.4 Å². The molecule has 0 bridgehead atoms. The van der Waals surface area contributed by atoms with Crippen molar-refractivity contribution in [2.75, 3.05) is 18.4 Å². The summed E-state index contributed by atoms with van der Waals surface area (Å²) in [6, 6.07) is 3.97. The number of anilines is 1. The van der Waals surface area contributed by atoms with Crippen molar-refractivity contribution in [3.05, 3.63) is 58.5 Å². The highest BCUT2D eigenvalue weighted by molar-refractivity contribution is 6.33. The van der Waals surface area contributed by atoms with Gasteiger partial charge in [0.2, 0.25) is 5.91 Å². The minimum absolute atomic E-state index is 0.102. The monoisotopic (exact) mass is 483 g/mol. The van der Waals surface area contributed by atoms with Crippen LogP contribution in [0.2, 0.25) is 0 Å². The first-order valence-electron chi connectivity index (χ1n) is 11.4. The zero-order valence-electron chi connectivity index (χ0n) is 18.8. The number of hydrogen-bond acceptors (Lipinski definition) is 5. The maximum Gasteiger partial charge on any atom is 0.229 e. The summed E-state index contributed by atoms with van der Waals surface area (Å²) in [5.41, 5.74) is 3.77. The summed E-state index contributed by atoms with van der Waals surface area (Å²) in [4.78, 5) is 28.9. The minimum atomic E-state index is -0.280. The number of alkyl halides is 1. The molecular weight excluding hydrogens is 457 g/mol. The van der Waals surface area contributed by atoms with E-state index in [0.29, 0.717) is 23.8 Å². The van der Waals surface area contributed by atoms with Gasteiger partial charge in [0.05, 0.1) is 22.5 Å². The van der Waals surface area contributed by atoms with Gasteiger partial charge in [-0.05, 0) is 68.9 Å². The molecule has 2 aromatic heterocycles. The standard InChI is InChI=1S/C25H27Cl2N5O/c1-15(19-5-4-18(26)13-21(19)27)24(33)32-11-8-25(14-32)7-6-17-12-20(16(2)30-22(17)31-25)23-28-9-3-10-29-23/h3,5,9-10,12-13,15,18H,4,6-8,11,14H2,1-2H3,(H,30,31)/t15-,18?,25+/m1/s1. The maximum absolute atomic E-state index is 13.3. The van der Waals surface area contributed by atoms with Crippen LogP contribution in [0.4, 0.5) is 5.82 Å². The van der Waals surface area contributed by atoms with Gasteiger partial charge in [0, 0.05) is 36.1 Å². The van der Waals surface area contributed by atoms with Gasteiger partial charge >= 0.3 is 0 Å². The first-order chi connectivity index (χ1) is 15.8. The molecule has 0 saturated carbocycles. The van der Waals surface area contributed by atoms with Gasteiger partial charge in [-0.2, -0.15) is 0 Å². The topological polar surface area (TPSA) is 71.0 Å². The molecule has 6 nitrogen and oxygen atoms in total. The highest BCUT2D eigenvalue weighted by Gasteiger charge is 2.43. The molecule has 2 aliphatic heterocycles. The molecule has 1 N–H and O–H groups in total. The van der Waals surface area contributed by atoms with Gasteiger partial charge in [-0.1, -0.05) is 17.7 Å². The molecule has 172 valence electrons. The van der Waals surface area contributed by atoms with Crippen molar-refractivity contribution >= 4 is 34.9 Å². The lowest BCUT2D eigenvalue weighted by atomic mass is 9.86. The van der Waals surface area contributed by atoms with E-state index in [9.17, 15) is 4.79 Å². The molecule has 4 heterocycles. The van der Waals surface area contributed by atoms with E-state index in [0.717, 1.165) is 48.5 Å². The Hall–Kier alpha value is -2.44. The average molecular weight is 484 g/mol. The number of likely N-dealkylation sites (tertiary alicyclic amines) is 1. The fraction of sp³-hybridized carbons (Fsp3) is 0.440. The number of aryl methyl sites for hydroxylation is 2. The molecule has 1 spiro atoms. The van der Waals surface area contributed by atoms with Crippen molar-refractivity contribution < 1.29 is 4.79 Å². The first-order valence-corrected chi connectivity index (χ1v) is 12.2. The van der Waals surface area contributed by atoms with Gasteiger partial charge in [-0.25, -0.2) is 15.0 Å². The van der Waals surface area contributed by atoms with Crippen LogP contribution in [-0.4, -0.2) is 49.8 Å². The van der Waals surface area contributed by atoms with Gasteiger partial charge in [-0.3, -0.25) is 4.79 Å². The third-order valence-corrected chi connectivity index (χ3v) is 7.67. The quantitative estimate of drug-likeness (QED) is 0.630. The van der Waals surface area contributed by atoms with E-state index in [-0.39, 0.29) is 22.7 Å². The average Bonchev–Trinajstić information content (AvgIpc) is 3.21. The molecule has 3 aliphatic rings. The second-order valence-electron chi connectivity index (χ2n) is 9.26. The fourth-order valence-electron chi connectivity index (χ4n) is 5.11. The Balaban J connectivity index is 1.31. The molecule has 0 radical (unpaired) electrons. The number of amides is 1. The van der Waals surface area contributed by atoms with E-state index < -0.39 is 0 Å². The number of carbonyl (C=O) groups is 1. The second kappa shape index (κ2) is 8.73. The zero-order chi connectivity index (χ0) is 23.2. The molecule has 1 amide bonds. The predicted octanol–water partition coefficient (Wildman–Crippen LogP) is 4.87. The molecule has 1 aliphatic carbocycles. The molecular formula is C25H27Cl2N5O. The van der Waals surface area contributed by atoms with Crippen LogP contribution in [0.25, 0.3) is 11.4 Å². The van der Waals surface area contributed by atoms with Crippen molar-refractivity contribution in [1.29, 1.82) is 0 Å². The summed E-state index contributed by atoms with van der Waals surface area (Å²) in [5, 5.41) is 4.19. The zero-order valence-corrected chi connectivity index (χ0v) is 20.3. The SMILES string of the molecule is Cc1nc2c(cc1-c1ncccn1)CC[C@@]1(CCN(C(=O)[C@H](C)C3=CCC(Cl)C=C3Cl)C1)N2. The summed E-state index contributed by atoms with van der Waals surface area (Å²) in [7, 11) is 0. The molecule has 1 unspecified atom stereocenters. The third-order valence-electron chi connectivity index (χ3n) is 7.02. The number of hydrogen-bond donors (Lipinski definition) is 1. The fourth-order valence-corrected chi connectivity index (χ4v) is 5.79. The van der Waals surface area contributed by atoms with E-state index in [2.05, 4.69) is 21.4 Å². The lowest BCUT2D eigenvalue weighted by Gasteiger charge is -2.36. The number of allylic oxidation sites excluding steroid dienone is 3. The maximum atomic E-state index is 13.3. The van der Waals surface area contributed by atoms with Crippen LogP contribution in [-0.2, 0) is 11.2 Å². The number of nitrogens with zero attached hydrogens (tertiary/aromatic N) is 4. The van der Waals surface area contributed by atoms with Gasteiger partial charge in [0.15, 0.2) is 5.82 Å². The molecule has 8 heteroatoms.